The van der Waals surface area contributed by atoms with Crippen LogP contribution >= 0.6 is 11.6 Å². The molecule has 0 aromatic heterocycles. The minimum atomic E-state index is -4.50. The number of hydrogen-bond acceptors (Lipinski definition) is 5. The number of ether oxygens (including phenoxy) is 1. The fraction of sp³-hybridized carbons (Fsp3) is 0.576. The van der Waals surface area contributed by atoms with E-state index < -0.39 is 11.7 Å². The minimum absolute atomic E-state index is 0.00338. The second-order valence-corrected chi connectivity index (χ2v) is 12.9. The van der Waals surface area contributed by atoms with Crippen molar-refractivity contribution in [2.45, 2.75) is 70.1 Å². The summed E-state index contributed by atoms with van der Waals surface area (Å²) in [7, 11) is 1.38. The van der Waals surface area contributed by atoms with Crippen LogP contribution in [0.25, 0.3) is 0 Å². The molecule has 234 valence electrons. The Hall–Kier alpha value is -2.62. The van der Waals surface area contributed by atoms with Gasteiger partial charge >= 0.3 is 12.1 Å². The largest absolute Gasteiger partial charge is 0.465 e. The Morgan fingerprint density at radius 1 is 1.12 bits per heavy atom. The van der Waals surface area contributed by atoms with Crippen LogP contribution in [0.2, 0.25) is 5.02 Å². The average Bonchev–Trinajstić information content (AvgIpc) is 3.83. The highest BCUT2D eigenvalue weighted by molar-refractivity contribution is 6.31. The molecule has 2 aromatic rings. The lowest BCUT2D eigenvalue weighted by molar-refractivity contribution is -0.137. The molecule has 1 aliphatic carbocycles. The maximum Gasteiger partial charge on any atom is 0.416 e. The number of esters is 1. The van der Waals surface area contributed by atoms with E-state index in [0.717, 1.165) is 50.0 Å². The minimum Gasteiger partial charge on any atom is -0.465 e. The van der Waals surface area contributed by atoms with Crippen LogP contribution in [0.5, 0.6) is 0 Å². The van der Waals surface area contributed by atoms with Crippen LogP contribution < -0.4 is 0 Å². The molecule has 1 unspecified atom stereocenters. The van der Waals surface area contributed by atoms with E-state index in [4.69, 9.17) is 16.3 Å². The summed E-state index contributed by atoms with van der Waals surface area (Å²) >= 11 is 6.21. The van der Waals surface area contributed by atoms with Gasteiger partial charge in [-0.1, -0.05) is 30.7 Å². The SMILES string of the molecule is COC(=O)c1cccc([C@H]2CCN([C@@H](CO)CCC(C(=O)N3CCc4c(Cl)cc(C(F)(F)F)cc4C3)C3CC3)C[C@@H]2C)c1. The van der Waals surface area contributed by atoms with Crippen molar-refractivity contribution in [3.63, 3.8) is 0 Å². The molecular weight excluding hydrogens is 581 g/mol. The van der Waals surface area contributed by atoms with Gasteiger partial charge in [0.1, 0.15) is 0 Å². The molecule has 4 atom stereocenters. The number of nitrogens with zero attached hydrogens (tertiary/aromatic N) is 2. The number of rotatable bonds is 9. The lowest BCUT2D eigenvalue weighted by Crippen LogP contribution is -2.47. The first-order valence-electron chi connectivity index (χ1n) is 15.2. The third-order valence-electron chi connectivity index (χ3n) is 9.64. The van der Waals surface area contributed by atoms with E-state index in [1.807, 2.05) is 12.1 Å². The van der Waals surface area contributed by atoms with Gasteiger partial charge in [0.2, 0.25) is 5.91 Å². The van der Waals surface area contributed by atoms with Gasteiger partial charge in [-0.2, -0.15) is 13.2 Å². The number of amides is 1. The first-order valence-corrected chi connectivity index (χ1v) is 15.6. The molecule has 2 aliphatic heterocycles. The zero-order chi connectivity index (χ0) is 30.9. The first kappa shape index (κ1) is 31.8. The third-order valence-corrected chi connectivity index (χ3v) is 9.98. The van der Waals surface area contributed by atoms with Gasteiger partial charge in [0.25, 0.3) is 0 Å². The van der Waals surface area contributed by atoms with E-state index in [9.17, 15) is 27.9 Å². The van der Waals surface area contributed by atoms with E-state index in [1.165, 1.54) is 7.11 Å². The number of hydrogen-bond donors (Lipinski definition) is 1. The zero-order valence-electron chi connectivity index (χ0n) is 24.7. The van der Waals surface area contributed by atoms with Crippen molar-refractivity contribution in [2.24, 2.45) is 17.8 Å². The number of piperidine rings is 1. The predicted octanol–water partition coefficient (Wildman–Crippen LogP) is 6.32. The molecule has 10 heteroatoms. The van der Waals surface area contributed by atoms with Crippen LogP contribution in [0.3, 0.4) is 0 Å². The maximum absolute atomic E-state index is 13.7. The van der Waals surface area contributed by atoms with E-state index in [2.05, 4.69) is 17.9 Å². The quantitative estimate of drug-likeness (QED) is 0.332. The average molecular weight is 621 g/mol. The summed E-state index contributed by atoms with van der Waals surface area (Å²) in [6, 6.07) is 9.63. The van der Waals surface area contributed by atoms with Crippen LogP contribution in [0.4, 0.5) is 13.2 Å². The highest BCUT2D eigenvalue weighted by atomic mass is 35.5. The van der Waals surface area contributed by atoms with Crippen molar-refractivity contribution in [3.8, 4) is 0 Å². The summed E-state index contributed by atoms with van der Waals surface area (Å²) in [6.45, 7) is 4.35. The summed E-state index contributed by atoms with van der Waals surface area (Å²) in [5, 5.41) is 10.5. The van der Waals surface area contributed by atoms with Gasteiger partial charge in [0, 0.05) is 36.6 Å². The number of likely N-dealkylation sites (tertiary alicyclic amines) is 1. The Kier molecular flexibility index (Phi) is 9.73. The summed E-state index contributed by atoms with van der Waals surface area (Å²) in [5.41, 5.74) is 2.03. The van der Waals surface area contributed by atoms with Crippen molar-refractivity contribution < 1.29 is 32.6 Å². The number of methoxy groups -OCH3 is 1. The first-order chi connectivity index (χ1) is 20.5. The molecule has 2 heterocycles. The molecular formula is C33H40ClF3N2O4. The summed E-state index contributed by atoms with van der Waals surface area (Å²) in [5.74, 6) is 0.317. The highest BCUT2D eigenvalue weighted by Crippen LogP contribution is 2.42. The van der Waals surface area contributed by atoms with Crippen LogP contribution in [-0.2, 0) is 28.7 Å². The summed E-state index contributed by atoms with van der Waals surface area (Å²) < 4.78 is 45.1. The standard InChI is InChI=1S/C33H40ClF3N2O4/c1-20-17-38(12-10-27(20)22-4-3-5-23(14-22)32(42)43-2)26(19-40)8-9-29(21-6-7-21)31(41)39-13-11-28-24(18-39)15-25(16-30(28)34)33(35,36)37/h3-5,14-16,20-21,26-27,29,40H,6-13,17-19H2,1-2H3/t20-,26+,27-,29?/m0/s1. The van der Waals surface area contributed by atoms with Gasteiger partial charge in [-0.05, 0) is 104 Å². The molecule has 3 aliphatic rings. The van der Waals surface area contributed by atoms with Crippen molar-refractivity contribution in [1.29, 1.82) is 0 Å². The molecule has 0 spiro atoms. The predicted molar refractivity (Wildman–Crippen MR) is 158 cm³/mol. The fourth-order valence-corrected chi connectivity index (χ4v) is 7.41. The molecule has 6 nitrogen and oxygen atoms in total. The Bertz CT molecular complexity index is 1330. The highest BCUT2D eigenvalue weighted by Gasteiger charge is 2.40. The fourth-order valence-electron chi connectivity index (χ4n) is 7.07. The Morgan fingerprint density at radius 2 is 1.88 bits per heavy atom. The van der Waals surface area contributed by atoms with Gasteiger partial charge < -0.3 is 14.7 Å². The topological polar surface area (TPSA) is 70.1 Å². The second kappa shape index (κ2) is 13.2. The van der Waals surface area contributed by atoms with Crippen molar-refractivity contribution in [3.05, 3.63) is 69.2 Å². The van der Waals surface area contributed by atoms with E-state index in [-0.39, 0.29) is 53.8 Å². The molecule has 0 bridgehead atoms. The molecule has 1 amide bonds. The van der Waals surface area contributed by atoms with Crippen LogP contribution in [-0.4, -0.2) is 66.2 Å². The van der Waals surface area contributed by atoms with Crippen LogP contribution in [0.15, 0.2) is 36.4 Å². The van der Waals surface area contributed by atoms with Crippen molar-refractivity contribution in [1.82, 2.24) is 9.80 Å². The smallest absolute Gasteiger partial charge is 0.416 e. The number of fused-ring (bicyclic) bond motifs is 1. The normalized spacial score (nSPS) is 22.5. The molecule has 2 fully saturated rings. The molecule has 0 radical (unpaired) electrons. The van der Waals surface area contributed by atoms with Crippen LogP contribution in [0, 0.1) is 17.8 Å². The lowest BCUT2D eigenvalue weighted by Gasteiger charge is -2.41. The maximum atomic E-state index is 13.7. The summed E-state index contributed by atoms with van der Waals surface area (Å²) in [4.78, 5) is 29.8. The van der Waals surface area contributed by atoms with Gasteiger partial charge in [0.05, 0.1) is 24.8 Å². The van der Waals surface area contributed by atoms with E-state index in [1.54, 1.807) is 11.0 Å². The number of alkyl halides is 3. The summed E-state index contributed by atoms with van der Waals surface area (Å²) in [6.07, 6.45) is 0.0837. The number of aliphatic hydroxyl groups is 1. The Balaban J connectivity index is 1.21. The second-order valence-electron chi connectivity index (χ2n) is 12.4. The molecule has 5 rings (SSSR count). The molecule has 1 saturated heterocycles. The van der Waals surface area contributed by atoms with Gasteiger partial charge in [-0.25, -0.2) is 4.79 Å². The van der Waals surface area contributed by atoms with Gasteiger partial charge in [0.15, 0.2) is 0 Å². The molecule has 1 saturated carbocycles. The van der Waals surface area contributed by atoms with Crippen molar-refractivity contribution >= 4 is 23.5 Å². The van der Waals surface area contributed by atoms with Gasteiger partial charge in [-0.15, -0.1) is 0 Å². The number of aliphatic hydroxyl groups excluding tert-OH is 1. The zero-order valence-corrected chi connectivity index (χ0v) is 25.5. The Labute approximate surface area is 256 Å². The third kappa shape index (κ3) is 7.21. The monoisotopic (exact) mass is 620 g/mol. The van der Waals surface area contributed by atoms with Crippen LogP contribution in [0.1, 0.15) is 77.6 Å². The molecule has 2 aromatic carbocycles. The number of halogens is 4. The van der Waals surface area contributed by atoms with Gasteiger partial charge in [-0.3, -0.25) is 9.69 Å². The van der Waals surface area contributed by atoms with E-state index in [0.29, 0.717) is 48.4 Å². The number of carbonyl (C=O) groups is 2. The van der Waals surface area contributed by atoms with E-state index >= 15 is 0 Å². The molecule has 43 heavy (non-hydrogen) atoms. The lowest BCUT2D eigenvalue weighted by atomic mass is 9.80. The number of benzene rings is 2. The van der Waals surface area contributed by atoms with Crippen molar-refractivity contribution in [2.75, 3.05) is 33.4 Å². The Morgan fingerprint density at radius 3 is 2.53 bits per heavy atom. The molecule has 1 N–H and O–H groups in total. The number of carbonyl (C=O) groups excluding carboxylic acids is 2.